The average Bonchev–Trinajstić information content (AvgIpc) is 3.23. The van der Waals surface area contributed by atoms with Gasteiger partial charge in [-0.05, 0) is 54.1 Å². The topological polar surface area (TPSA) is 232 Å². The van der Waals surface area contributed by atoms with Gasteiger partial charge >= 0.3 is 5.97 Å². The number of carboxylic acids is 1. The Morgan fingerprint density at radius 1 is 0.717 bits per heavy atom. The minimum absolute atomic E-state index is 0. The summed E-state index contributed by atoms with van der Waals surface area (Å²) in [5, 5.41) is 27.3. The van der Waals surface area contributed by atoms with Crippen LogP contribution in [0.5, 0.6) is 0 Å². The van der Waals surface area contributed by atoms with Crippen LogP contribution in [0.3, 0.4) is 0 Å². The van der Waals surface area contributed by atoms with E-state index in [4.69, 9.17) is 35.9 Å². The van der Waals surface area contributed by atoms with Crippen molar-refractivity contribution in [2.45, 2.75) is 84.3 Å². The van der Waals surface area contributed by atoms with E-state index in [9.17, 15) is 27.5 Å². The van der Waals surface area contributed by atoms with Gasteiger partial charge in [0.05, 0.1) is 45.6 Å². The number of aliphatic hydroxyl groups excluding tert-OH is 1. The van der Waals surface area contributed by atoms with Crippen LogP contribution < -0.4 is 0 Å². The van der Waals surface area contributed by atoms with E-state index in [0.29, 0.717) is 12.2 Å². The van der Waals surface area contributed by atoms with Crippen molar-refractivity contribution in [2.24, 2.45) is 15.3 Å². The number of carboxylic acid groups (broad SMARTS) is 1. The SMILES string of the molecule is C.C=C[C@H](OCc1ccccc1)C(F)(F)CN=[N+]=[N-].C=C[C@H](OCc1ccccc1)[C@H](O)CN=[N+]=[N-].CC=C(C)C.[N-]=[N+]=NCC(F)(F)[C@@H](OCc1ccccc1)C(=O)O. The lowest BCUT2D eigenvalue weighted by molar-refractivity contribution is -0.180. The second kappa shape index (κ2) is 32.8. The van der Waals surface area contributed by atoms with Crippen molar-refractivity contribution >= 4 is 5.97 Å². The maximum absolute atomic E-state index is 13.5. The van der Waals surface area contributed by atoms with Crippen molar-refractivity contribution < 1.29 is 46.8 Å². The first kappa shape index (κ1) is 55.9. The Labute approximate surface area is 347 Å². The molecule has 3 aromatic carbocycles. The summed E-state index contributed by atoms with van der Waals surface area (Å²) >= 11 is 0. The quantitative estimate of drug-likeness (QED) is 0.0348. The highest BCUT2D eigenvalue weighted by Crippen LogP contribution is 2.25. The maximum atomic E-state index is 13.5. The van der Waals surface area contributed by atoms with Crippen LogP contribution in [0.1, 0.15) is 44.9 Å². The number of allylic oxidation sites excluding steroid dienone is 2. The van der Waals surface area contributed by atoms with Crippen molar-refractivity contribution in [3.05, 3.63) is 176 Å². The third kappa shape index (κ3) is 25.3. The van der Waals surface area contributed by atoms with Gasteiger partial charge in [0, 0.05) is 14.7 Å². The molecule has 0 aromatic heterocycles. The number of halogens is 4. The van der Waals surface area contributed by atoms with Crippen LogP contribution in [0.2, 0.25) is 0 Å². The molecule has 3 rings (SSSR count). The molecule has 0 unspecified atom stereocenters. The highest BCUT2D eigenvalue weighted by Gasteiger charge is 2.45. The van der Waals surface area contributed by atoms with E-state index in [2.05, 4.69) is 63.2 Å². The van der Waals surface area contributed by atoms with Crippen molar-refractivity contribution in [1.82, 2.24) is 0 Å². The lowest BCUT2D eigenvalue weighted by Crippen LogP contribution is -2.44. The van der Waals surface area contributed by atoms with E-state index in [1.807, 2.05) is 43.3 Å². The molecular formula is C41H53F4N9O6. The van der Waals surface area contributed by atoms with Gasteiger partial charge in [0.25, 0.3) is 11.8 Å². The van der Waals surface area contributed by atoms with Gasteiger partial charge in [-0.25, -0.2) is 22.4 Å². The Balaban J connectivity index is 0. The summed E-state index contributed by atoms with van der Waals surface area (Å²) in [7, 11) is 0. The molecule has 0 aliphatic rings. The Morgan fingerprint density at radius 3 is 1.45 bits per heavy atom. The van der Waals surface area contributed by atoms with Crippen molar-refractivity contribution in [3.8, 4) is 0 Å². The highest BCUT2D eigenvalue weighted by molar-refractivity contribution is 5.73. The standard InChI is InChI=1S/C12H13F2N3O.C12H15N3O2.C11H11F2N3O3.C5H10.CH4/c1-2-11(12(13,14)9-16-17-15)18-8-10-6-4-3-5-7-10;1-2-12(11(16)8-14-15-13)17-9-10-6-4-3-5-7-10;12-11(13,7-15-16-14)9(10(17)18)19-6-8-4-2-1-3-5-8;1-4-5(2)3;/h2-7,11H,1,8-9H2;2-7,11-12,16H,1,8-9H2;1-5,9H,6-7H2,(H,17,18);4H,1-3H3;1H4/t11-;11-,12+;9-;;/m010../s1. The first-order valence-electron chi connectivity index (χ1n) is 17.6. The van der Waals surface area contributed by atoms with Gasteiger partial charge in [-0.2, -0.15) is 0 Å². The third-order valence-electron chi connectivity index (χ3n) is 7.27. The molecule has 0 fully saturated rings. The number of alkyl halides is 4. The van der Waals surface area contributed by atoms with Gasteiger partial charge in [-0.15, -0.1) is 13.2 Å². The molecule has 15 nitrogen and oxygen atoms in total. The van der Waals surface area contributed by atoms with Crippen LogP contribution in [0, 0.1) is 0 Å². The van der Waals surface area contributed by atoms with Crippen LogP contribution >= 0.6 is 0 Å². The third-order valence-corrected chi connectivity index (χ3v) is 7.27. The number of nitrogens with zero attached hydrogens (tertiary/aromatic N) is 9. The smallest absolute Gasteiger partial charge is 0.339 e. The van der Waals surface area contributed by atoms with Crippen LogP contribution in [0.25, 0.3) is 31.3 Å². The zero-order chi connectivity index (χ0) is 44.5. The predicted octanol–water partition coefficient (Wildman–Crippen LogP) is 11.3. The van der Waals surface area contributed by atoms with Gasteiger partial charge in [-0.3, -0.25) is 0 Å². The largest absolute Gasteiger partial charge is 0.479 e. The summed E-state index contributed by atoms with van der Waals surface area (Å²) in [6.07, 6.45) is -0.662. The molecule has 0 bridgehead atoms. The lowest BCUT2D eigenvalue weighted by Gasteiger charge is -2.22. The fourth-order valence-corrected chi connectivity index (χ4v) is 4.00. The molecule has 0 aliphatic carbocycles. The highest BCUT2D eigenvalue weighted by atomic mass is 19.3. The normalized spacial score (nSPS) is 12.1. The summed E-state index contributed by atoms with van der Waals surface area (Å²) in [4.78, 5) is 17.9. The number of carbonyl (C=O) groups is 1. The fraction of sp³-hybridized carbons (Fsp3) is 0.390. The van der Waals surface area contributed by atoms with E-state index in [-0.39, 0.29) is 27.2 Å². The average molecular weight is 844 g/mol. The van der Waals surface area contributed by atoms with Crippen LogP contribution in [0.4, 0.5) is 17.6 Å². The minimum Gasteiger partial charge on any atom is -0.479 e. The molecule has 0 amide bonds. The number of aliphatic hydroxyl groups is 1. The van der Waals surface area contributed by atoms with Gasteiger partial charge in [-0.1, -0.05) is 138 Å². The van der Waals surface area contributed by atoms with E-state index in [0.717, 1.165) is 17.2 Å². The molecule has 0 aliphatic heterocycles. The number of ether oxygens (including phenoxy) is 3. The zero-order valence-electron chi connectivity index (χ0n) is 32.9. The van der Waals surface area contributed by atoms with Gasteiger partial charge < -0.3 is 24.4 Å². The molecule has 19 heteroatoms. The Hall–Kier alpha value is -6.16. The van der Waals surface area contributed by atoms with Crippen LogP contribution in [0.15, 0.2) is 143 Å². The van der Waals surface area contributed by atoms with Crippen molar-refractivity contribution in [2.75, 3.05) is 19.6 Å². The van der Waals surface area contributed by atoms with Gasteiger partial charge in [0.2, 0.25) is 6.10 Å². The first-order chi connectivity index (χ1) is 28.1. The summed E-state index contributed by atoms with van der Waals surface area (Å²) in [5.74, 6) is -8.84. The Morgan fingerprint density at radius 2 is 1.10 bits per heavy atom. The van der Waals surface area contributed by atoms with Gasteiger partial charge in [0.15, 0.2) is 0 Å². The van der Waals surface area contributed by atoms with E-state index >= 15 is 0 Å². The lowest BCUT2D eigenvalue weighted by atomic mass is 10.2. The summed E-state index contributed by atoms with van der Waals surface area (Å²) in [6, 6.07) is 26.9. The van der Waals surface area contributed by atoms with Crippen molar-refractivity contribution in [1.29, 1.82) is 0 Å². The molecule has 326 valence electrons. The molecule has 0 saturated carbocycles. The van der Waals surface area contributed by atoms with E-state index < -0.39 is 55.3 Å². The molecule has 0 radical (unpaired) electrons. The molecule has 0 saturated heterocycles. The predicted molar refractivity (Wildman–Crippen MR) is 223 cm³/mol. The van der Waals surface area contributed by atoms with Gasteiger partial charge in [0.1, 0.15) is 12.2 Å². The molecular weight excluding hydrogens is 790 g/mol. The van der Waals surface area contributed by atoms with E-state index in [1.54, 1.807) is 54.6 Å². The molecule has 3 aromatic rings. The molecule has 60 heavy (non-hydrogen) atoms. The maximum Gasteiger partial charge on any atom is 0.339 e. The molecule has 2 N–H and O–H groups in total. The summed E-state index contributed by atoms with van der Waals surface area (Å²) < 4.78 is 69.2. The number of azide groups is 3. The summed E-state index contributed by atoms with van der Waals surface area (Å²) in [6.45, 7) is 11.0. The Bertz CT molecular complexity index is 1820. The monoisotopic (exact) mass is 843 g/mol. The van der Waals surface area contributed by atoms with E-state index in [1.165, 1.54) is 11.6 Å². The molecule has 0 heterocycles. The first-order valence-corrected chi connectivity index (χ1v) is 17.6. The minimum atomic E-state index is -3.77. The second-order valence-corrected chi connectivity index (χ2v) is 12.1. The number of rotatable bonds is 21. The second-order valence-electron chi connectivity index (χ2n) is 12.1. The van der Waals surface area contributed by atoms with Crippen molar-refractivity contribution in [3.63, 3.8) is 0 Å². The fourth-order valence-electron chi connectivity index (χ4n) is 4.00. The molecule has 4 atom stereocenters. The number of hydrogen-bond acceptors (Lipinski definition) is 8. The Kier molecular flexibility index (Phi) is 30.5. The number of benzene rings is 3. The number of aliphatic carboxylic acids is 1. The number of hydrogen-bond donors (Lipinski definition) is 2. The molecule has 0 spiro atoms. The summed E-state index contributed by atoms with van der Waals surface area (Å²) in [5.41, 5.74) is 27.9. The van der Waals surface area contributed by atoms with Crippen LogP contribution in [-0.4, -0.2) is 72.1 Å². The van der Waals surface area contributed by atoms with Crippen LogP contribution in [-0.2, 0) is 38.8 Å². The zero-order valence-corrected chi connectivity index (χ0v) is 32.9.